The molecule has 1 aliphatic heterocycles. The Balaban J connectivity index is 1.77. The fraction of sp³-hybridized carbons (Fsp3) is 0.625. The zero-order chi connectivity index (χ0) is 14.9. The molecule has 1 saturated heterocycles. The Morgan fingerprint density at radius 2 is 1.90 bits per heavy atom. The van der Waals surface area contributed by atoms with Gasteiger partial charge in [-0.2, -0.15) is 4.31 Å². The third kappa shape index (κ3) is 3.27. The Morgan fingerprint density at radius 3 is 2.71 bits per heavy atom. The van der Waals surface area contributed by atoms with Gasteiger partial charge in [-0.25, -0.2) is 8.42 Å². The third-order valence-electron chi connectivity index (χ3n) is 4.81. The van der Waals surface area contributed by atoms with E-state index in [4.69, 9.17) is 11.6 Å². The molecule has 2 fully saturated rings. The van der Waals surface area contributed by atoms with Gasteiger partial charge in [-0.05, 0) is 36.3 Å². The summed E-state index contributed by atoms with van der Waals surface area (Å²) in [4.78, 5) is 0. The molecule has 21 heavy (non-hydrogen) atoms. The van der Waals surface area contributed by atoms with Crippen LogP contribution >= 0.6 is 11.6 Å². The highest BCUT2D eigenvalue weighted by Crippen LogP contribution is 2.38. The van der Waals surface area contributed by atoms with Gasteiger partial charge in [0.15, 0.2) is 0 Å². The summed E-state index contributed by atoms with van der Waals surface area (Å²) in [5.41, 5.74) is 1.81. The SMILES string of the molecule is O=S(=O)(Cc1cccc(CCl)c1)N1CCC2CCCCC21. The summed E-state index contributed by atoms with van der Waals surface area (Å²) in [6.45, 7) is 0.701. The first-order chi connectivity index (χ1) is 10.1. The molecule has 0 N–H and O–H groups in total. The summed E-state index contributed by atoms with van der Waals surface area (Å²) in [5, 5.41) is 0. The number of hydrogen-bond donors (Lipinski definition) is 0. The highest BCUT2D eigenvalue weighted by atomic mass is 35.5. The van der Waals surface area contributed by atoms with Gasteiger partial charge in [-0.1, -0.05) is 37.1 Å². The second kappa shape index (κ2) is 6.27. The predicted molar refractivity (Wildman–Crippen MR) is 85.7 cm³/mol. The number of hydrogen-bond acceptors (Lipinski definition) is 2. The Kier molecular flexibility index (Phi) is 4.57. The lowest BCUT2D eigenvalue weighted by molar-refractivity contribution is 0.260. The van der Waals surface area contributed by atoms with Gasteiger partial charge in [0.2, 0.25) is 10.0 Å². The van der Waals surface area contributed by atoms with Crippen molar-refractivity contribution in [3.63, 3.8) is 0 Å². The van der Waals surface area contributed by atoms with E-state index >= 15 is 0 Å². The fourth-order valence-corrected chi connectivity index (χ4v) is 5.81. The highest BCUT2D eigenvalue weighted by molar-refractivity contribution is 7.88. The first kappa shape index (κ1) is 15.3. The van der Waals surface area contributed by atoms with Crippen LogP contribution in [0.1, 0.15) is 43.2 Å². The first-order valence-corrected chi connectivity index (χ1v) is 9.88. The van der Waals surface area contributed by atoms with Crippen LogP contribution in [0, 0.1) is 5.92 Å². The number of rotatable bonds is 4. The van der Waals surface area contributed by atoms with E-state index in [0.717, 1.165) is 30.4 Å². The van der Waals surface area contributed by atoms with Crippen LogP contribution in [0.5, 0.6) is 0 Å². The number of fused-ring (bicyclic) bond motifs is 1. The van der Waals surface area contributed by atoms with Crippen LogP contribution in [0.2, 0.25) is 0 Å². The minimum absolute atomic E-state index is 0.0982. The van der Waals surface area contributed by atoms with E-state index in [1.165, 1.54) is 12.8 Å². The van der Waals surface area contributed by atoms with Gasteiger partial charge >= 0.3 is 0 Å². The van der Waals surface area contributed by atoms with E-state index in [-0.39, 0.29) is 11.8 Å². The summed E-state index contributed by atoms with van der Waals surface area (Å²) in [6, 6.07) is 7.84. The van der Waals surface area contributed by atoms with Crippen molar-refractivity contribution in [2.75, 3.05) is 6.54 Å². The highest BCUT2D eigenvalue weighted by Gasteiger charge is 2.41. The molecule has 0 radical (unpaired) electrons. The van der Waals surface area contributed by atoms with Crippen LogP contribution in [-0.2, 0) is 21.7 Å². The molecule has 3 rings (SSSR count). The van der Waals surface area contributed by atoms with E-state index in [9.17, 15) is 8.42 Å². The summed E-state index contributed by atoms with van der Waals surface area (Å²) in [5.74, 6) is 1.10. The standard InChI is InChI=1S/C16H22ClNO2S/c17-11-13-4-3-5-14(10-13)12-21(19,20)18-9-8-15-6-1-2-7-16(15)18/h3-5,10,15-16H,1-2,6-9,11-12H2. The third-order valence-corrected chi connectivity index (χ3v) is 6.99. The number of benzene rings is 1. The van der Waals surface area contributed by atoms with Crippen LogP contribution in [0.25, 0.3) is 0 Å². The molecular formula is C16H22ClNO2S. The molecule has 0 spiro atoms. The van der Waals surface area contributed by atoms with Crippen LogP contribution in [0.4, 0.5) is 0 Å². The predicted octanol–water partition coefficient (Wildman–Crippen LogP) is 3.52. The molecule has 5 heteroatoms. The molecule has 1 aromatic rings. The Morgan fingerprint density at radius 1 is 1.14 bits per heavy atom. The van der Waals surface area contributed by atoms with Crippen molar-refractivity contribution in [1.29, 1.82) is 0 Å². The second-order valence-electron chi connectivity index (χ2n) is 6.22. The van der Waals surface area contributed by atoms with Crippen molar-refractivity contribution in [3.8, 4) is 0 Å². The molecule has 1 aromatic carbocycles. The van der Waals surface area contributed by atoms with E-state index < -0.39 is 10.0 Å². The molecule has 0 aromatic heterocycles. The van der Waals surface area contributed by atoms with Crippen molar-refractivity contribution >= 4 is 21.6 Å². The number of nitrogens with zero attached hydrogens (tertiary/aromatic N) is 1. The van der Waals surface area contributed by atoms with Gasteiger partial charge in [-0.15, -0.1) is 11.6 Å². The minimum atomic E-state index is -3.22. The van der Waals surface area contributed by atoms with Gasteiger partial charge in [0.1, 0.15) is 0 Å². The second-order valence-corrected chi connectivity index (χ2v) is 8.41. The lowest BCUT2D eigenvalue weighted by Crippen LogP contribution is -2.39. The van der Waals surface area contributed by atoms with E-state index in [1.807, 2.05) is 24.3 Å². The minimum Gasteiger partial charge on any atom is -0.212 e. The van der Waals surface area contributed by atoms with Crippen molar-refractivity contribution < 1.29 is 8.42 Å². The average molecular weight is 328 g/mol. The maximum Gasteiger partial charge on any atom is 0.218 e. The summed E-state index contributed by atoms with van der Waals surface area (Å²) in [7, 11) is -3.22. The monoisotopic (exact) mass is 327 g/mol. The lowest BCUT2D eigenvalue weighted by atomic mass is 9.86. The number of alkyl halides is 1. The molecule has 0 bridgehead atoms. The topological polar surface area (TPSA) is 37.4 Å². The lowest BCUT2D eigenvalue weighted by Gasteiger charge is -2.31. The van der Waals surface area contributed by atoms with Crippen molar-refractivity contribution in [3.05, 3.63) is 35.4 Å². The summed E-state index contributed by atoms with van der Waals surface area (Å²) in [6.07, 6.45) is 5.68. The number of halogens is 1. The fourth-order valence-electron chi connectivity index (χ4n) is 3.80. The van der Waals surface area contributed by atoms with Crippen molar-refractivity contribution in [2.24, 2.45) is 5.92 Å². The summed E-state index contributed by atoms with van der Waals surface area (Å²) >= 11 is 5.83. The molecule has 0 amide bonds. The maximum absolute atomic E-state index is 12.7. The van der Waals surface area contributed by atoms with Gasteiger partial charge < -0.3 is 0 Å². The normalized spacial score (nSPS) is 26.7. The molecule has 3 nitrogen and oxygen atoms in total. The zero-order valence-corrected chi connectivity index (χ0v) is 13.7. The van der Waals surface area contributed by atoms with E-state index in [1.54, 1.807) is 4.31 Å². The van der Waals surface area contributed by atoms with Crippen LogP contribution in [0.3, 0.4) is 0 Å². The molecule has 1 heterocycles. The van der Waals surface area contributed by atoms with Gasteiger partial charge in [0, 0.05) is 18.5 Å². The van der Waals surface area contributed by atoms with Gasteiger partial charge in [-0.3, -0.25) is 0 Å². The molecule has 1 aliphatic carbocycles. The van der Waals surface area contributed by atoms with Crippen LogP contribution in [-0.4, -0.2) is 25.3 Å². The molecule has 2 aliphatic rings. The Hall–Kier alpha value is -0.580. The Labute approximate surface area is 132 Å². The van der Waals surface area contributed by atoms with Crippen LogP contribution < -0.4 is 0 Å². The molecular weight excluding hydrogens is 306 g/mol. The molecule has 2 unspecified atom stereocenters. The van der Waals surface area contributed by atoms with Gasteiger partial charge in [0.05, 0.1) is 5.75 Å². The largest absolute Gasteiger partial charge is 0.218 e. The smallest absolute Gasteiger partial charge is 0.212 e. The van der Waals surface area contributed by atoms with Crippen molar-refractivity contribution in [1.82, 2.24) is 4.31 Å². The first-order valence-electron chi connectivity index (χ1n) is 7.73. The van der Waals surface area contributed by atoms with E-state index in [0.29, 0.717) is 18.3 Å². The molecule has 1 saturated carbocycles. The maximum atomic E-state index is 12.7. The van der Waals surface area contributed by atoms with Gasteiger partial charge in [0.25, 0.3) is 0 Å². The molecule has 116 valence electrons. The van der Waals surface area contributed by atoms with Crippen molar-refractivity contribution in [2.45, 2.75) is 49.8 Å². The average Bonchev–Trinajstić information content (AvgIpc) is 2.92. The quantitative estimate of drug-likeness (QED) is 0.793. The summed E-state index contributed by atoms with van der Waals surface area (Å²) < 4.78 is 27.3. The van der Waals surface area contributed by atoms with E-state index in [2.05, 4.69) is 0 Å². The Bertz CT molecular complexity index is 602. The zero-order valence-electron chi connectivity index (χ0n) is 12.2. The number of sulfonamides is 1. The van der Waals surface area contributed by atoms with Crippen LogP contribution in [0.15, 0.2) is 24.3 Å². The molecule has 2 atom stereocenters.